The molecule has 1 aliphatic carbocycles. The van der Waals surface area contributed by atoms with E-state index < -0.39 is 0 Å². The summed E-state index contributed by atoms with van der Waals surface area (Å²) >= 11 is 0. The first-order valence-corrected chi connectivity index (χ1v) is 22.8. The van der Waals surface area contributed by atoms with Crippen LogP contribution in [0.3, 0.4) is 0 Å². The molecular weight excluding hydrogens is 639 g/mol. The fraction of sp³-hybridized carbons (Fsp3) is 0.833. The van der Waals surface area contributed by atoms with Crippen LogP contribution in [0.15, 0.2) is 48.6 Å². The highest BCUT2D eigenvalue weighted by Gasteiger charge is 2.51. The van der Waals surface area contributed by atoms with Crippen molar-refractivity contribution < 1.29 is 14.2 Å². The fourth-order valence-electron chi connectivity index (χ4n) is 7.79. The normalized spacial score (nSPS) is 22.1. The van der Waals surface area contributed by atoms with E-state index in [1.165, 1.54) is 148 Å². The molecule has 2 aliphatic rings. The molecule has 0 amide bonds. The number of ether oxygens (including phenoxy) is 3. The smallest absolute Gasteiger partial charge is 0.169 e. The first-order chi connectivity index (χ1) is 25.6. The molecule has 2 fully saturated rings. The molecule has 1 saturated carbocycles. The van der Waals surface area contributed by atoms with E-state index in [2.05, 4.69) is 81.5 Å². The zero-order valence-corrected chi connectivity index (χ0v) is 35.2. The van der Waals surface area contributed by atoms with Gasteiger partial charge in [0.05, 0.1) is 18.3 Å². The minimum Gasteiger partial charge on any atom is -0.378 e. The molecule has 0 radical (unpaired) electrons. The molecule has 4 heteroatoms. The second-order valence-corrected chi connectivity index (χ2v) is 16.4. The second kappa shape index (κ2) is 33.2. The number of fused-ring (bicyclic) bond motifs is 1. The van der Waals surface area contributed by atoms with E-state index in [4.69, 9.17) is 14.2 Å². The van der Waals surface area contributed by atoms with Gasteiger partial charge < -0.3 is 19.1 Å². The first-order valence-electron chi connectivity index (χ1n) is 22.8. The zero-order chi connectivity index (χ0) is 37.2. The van der Waals surface area contributed by atoms with Crippen molar-refractivity contribution in [2.75, 3.05) is 27.2 Å². The van der Waals surface area contributed by atoms with Gasteiger partial charge in [-0.05, 0) is 111 Å². The van der Waals surface area contributed by atoms with Crippen molar-refractivity contribution in [3.8, 4) is 0 Å². The third-order valence-electron chi connectivity index (χ3n) is 11.0. The average molecular weight is 726 g/mol. The lowest BCUT2D eigenvalue weighted by molar-refractivity contribution is -0.196. The van der Waals surface area contributed by atoms with Gasteiger partial charge in [-0.15, -0.1) is 0 Å². The Morgan fingerprint density at radius 2 is 0.904 bits per heavy atom. The van der Waals surface area contributed by atoms with Crippen LogP contribution in [0.1, 0.15) is 206 Å². The quantitative estimate of drug-likeness (QED) is 0.0475. The summed E-state index contributed by atoms with van der Waals surface area (Å²) in [5.74, 6) is -0.351. The fourth-order valence-corrected chi connectivity index (χ4v) is 7.79. The first kappa shape index (κ1) is 47.0. The maximum atomic E-state index is 6.88. The lowest BCUT2D eigenvalue weighted by Crippen LogP contribution is -2.33. The minimum atomic E-state index is -0.351. The third-order valence-corrected chi connectivity index (χ3v) is 11.0. The van der Waals surface area contributed by atoms with Crippen molar-refractivity contribution in [2.45, 2.75) is 231 Å². The number of nitrogens with zero attached hydrogens (tertiary/aromatic N) is 1. The van der Waals surface area contributed by atoms with Crippen LogP contribution in [0.2, 0.25) is 0 Å². The van der Waals surface area contributed by atoms with Gasteiger partial charge in [-0.2, -0.15) is 0 Å². The van der Waals surface area contributed by atoms with Crippen LogP contribution in [0.4, 0.5) is 0 Å². The summed E-state index contributed by atoms with van der Waals surface area (Å²) in [6, 6.07) is 0. The summed E-state index contributed by atoms with van der Waals surface area (Å²) in [5, 5.41) is 0. The van der Waals surface area contributed by atoms with Crippen LogP contribution < -0.4 is 0 Å². The van der Waals surface area contributed by atoms with E-state index in [-0.39, 0.29) is 18.0 Å². The Kier molecular flexibility index (Phi) is 29.9. The van der Waals surface area contributed by atoms with Crippen molar-refractivity contribution >= 4 is 0 Å². The van der Waals surface area contributed by atoms with E-state index in [1.807, 2.05) is 0 Å². The molecular formula is C48H87NO3. The van der Waals surface area contributed by atoms with Crippen molar-refractivity contribution in [3.05, 3.63) is 48.6 Å². The van der Waals surface area contributed by atoms with Gasteiger partial charge in [0.25, 0.3) is 0 Å². The molecule has 0 bridgehead atoms. The Balaban J connectivity index is 1.62. The van der Waals surface area contributed by atoms with Crippen molar-refractivity contribution in [1.82, 2.24) is 4.90 Å². The van der Waals surface area contributed by atoms with E-state index in [9.17, 15) is 0 Å². The molecule has 0 spiro atoms. The van der Waals surface area contributed by atoms with Crippen LogP contribution >= 0.6 is 0 Å². The van der Waals surface area contributed by atoms with E-state index in [1.54, 1.807) is 0 Å². The molecule has 2 atom stereocenters. The number of allylic oxidation sites excluding steroid dienone is 8. The molecule has 1 saturated heterocycles. The maximum Gasteiger partial charge on any atom is 0.169 e. The Labute approximate surface area is 324 Å². The summed E-state index contributed by atoms with van der Waals surface area (Å²) in [5.41, 5.74) is 0. The van der Waals surface area contributed by atoms with Crippen LogP contribution in [-0.4, -0.2) is 56.2 Å². The predicted molar refractivity (Wildman–Crippen MR) is 227 cm³/mol. The molecule has 0 N–H and O–H groups in total. The zero-order valence-electron chi connectivity index (χ0n) is 35.2. The summed E-state index contributed by atoms with van der Waals surface area (Å²) in [4.78, 5) is 2.26. The van der Waals surface area contributed by atoms with Crippen LogP contribution in [-0.2, 0) is 14.2 Å². The standard InChI is InChI=1S/C48H87NO3/c1-5-7-9-11-13-15-17-19-21-23-25-27-29-31-33-35-39-48(51-46-43-45(44-47(46)52-48)50-42-38-37-41-49(3)4)40-36-34-32-30-28-26-24-22-20-18-16-14-12-10-8-6-2/h13-16,19-22,45-47H,5-12,17-18,23-44H2,1-4H3. The number of hydrogen-bond donors (Lipinski definition) is 0. The molecule has 1 heterocycles. The van der Waals surface area contributed by atoms with Gasteiger partial charge in [0, 0.05) is 32.3 Å². The maximum absolute atomic E-state index is 6.88. The molecule has 4 nitrogen and oxygen atoms in total. The Morgan fingerprint density at radius 3 is 1.33 bits per heavy atom. The highest BCUT2D eigenvalue weighted by Crippen LogP contribution is 2.44. The van der Waals surface area contributed by atoms with Crippen molar-refractivity contribution in [1.29, 1.82) is 0 Å². The Hall–Kier alpha value is -1.20. The van der Waals surface area contributed by atoms with Gasteiger partial charge in [0.1, 0.15) is 0 Å². The number of rotatable bonds is 36. The number of hydrogen-bond acceptors (Lipinski definition) is 4. The second-order valence-electron chi connectivity index (χ2n) is 16.4. The van der Waals surface area contributed by atoms with E-state index in [0.29, 0.717) is 6.10 Å². The van der Waals surface area contributed by atoms with Crippen LogP contribution in [0.25, 0.3) is 0 Å². The largest absolute Gasteiger partial charge is 0.378 e. The Bertz CT molecular complexity index is 843. The molecule has 2 unspecified atom stereocenters. The summed E-state index contributed by atoms with van der Waals surface area (Å²) in [7, 11) is 4.29. The monoisotopic (exact) mass is 726 g/mol. The van der Waals surface area contributed by atoms with Gasteiger partial charge in [-0.25, -0.2) is 0 Å². The molecule has 1 aliphatic heterocycles. The SMILES string of the molecule is CCCCCC=CCC=CCCCCCCCCC1(CCCCCCCCC=CCC=CCCCCC)OC2CC(OCCCCN(C)C)CC2O1. The Morgan fingerprint density at radius 1 is 0.500 bits per heavy atom. The van der Waals surface area contributed by atoms with Crippen molar-refractivity contribution in [3.63, 3.8) is 0 Å². The average Bonchev–Trinajstić information content (AvgIpc) is 3.66. The predicted octanol–water partition coefficient (Wildman–Crippen LogP) is 14.4. The van der Waals surface area contributed by atoms with Crippen LogP contribution in [0.5, 0.6) is 0 Å². The molecule has 302 valence electrons. The highest BCUT2D eigenvalue weighted by atomic mass is 16.8. The van der Waals surface area contributed by atoms with Gasteiger partial charge in [0.15, 0.2) is 5.79 Å². The lowest BCUT2D eigenvalue weighted by atomic mass is 9.98. The van der Waals surface area contributed by atoms with Gasteiger partial charge in [-0.1, -0.05) is 140 Å². The highest BCUT2D eigenvalue weighted by molar-refractivity contribution is 4.95. The summed E-state index contributed by atoms with van der Waals surface area (Å²) in [6.45, 7) is 6.54. The van der Waals surface area contributed by atoms with Gasteiger partial charge in [-0.3, -0.25) is 0 Å². The molecule has 0 aromatic rings. The van der Waals surface area contributed by atoms with E-state index in [0.717, 1.165) is 58.1 Å². The molecule has 0 aromatic heterocycles. The molecule has 2 rings (SSSR count). The van der Waals surface area contributed by atoms with Crippen molar-refractivity contribution in [2.24, 2.45) is 0 Å². The summed E-state index contributed by atoms with van der Waals surface area (Å²) in [6.07, 6.45) is 57.0. The minimum absolute atomic E-state index is 0.223. The lowest BCUT2D eigenvalue weighted by Gasteiger charge is -2.30. The number of unbranched alkanes of at least 4 members (excludes halogenated alkanes) is 19. The topological polar surface area (TPSA) is 30.9 Å². The van der Waals surface area contributed by atoms with Gasteiger partial charge in [0.2, 0.25) is 0 Å². The third kappa shape index (κ3) is 25.0. The molecule has 52 heavy (non-hydrogen) atoms. The van der Waals surface area contributed by atoms with Crippen LogP contribution in [0, 0.1) is 0 Å². The molecule has 0 aromatic carbocycles. The summed E-state index contributed by atoms with van der Waals surface area (Å²) < 4.78 is 20.0. The van der Waals surface area contributed by atoms with Gasteiger partial charge >= 0.3 is 0 Å². The van der Waals surface area contributed by atoms with E-state index >= 15 is 0 Å².